The highest BCUT2D eigenvalue weighted by Crippen LogP contribution is 2.21. The van der Waals surface area contributed by atoms with Crippen molar-refractivity contribution in [3.63, 3.8) is 0 Å². The second-order valence-electron chi connectivity index (χ2n) is 7.91. The highest BCUT2D eigenvalue weighted by atomic mass is 15.0. The number of fused-ring (bicyclic) bond motifs is 1. The van der Waals surface area contributed by atoms with Crippen LogP contribution in [0, 0.1) is 18.8 Å². The number of piperidine rings is 1. The third-order valence-electron chi connectivity index (χ3n) is 5.71. The van der Waals surface area contributed by atoms with Gasteiger partial charge < -0.3 is 20.5 Å². The summed E-state index contributed by atoms with van der Waals surface area (Å²) in [6, 6.07) is 13.6. The molecule has 3 heterocycles. The van der Waals surface area contributed by atoms with E-state index in [1.165, 1.54) is 29.3 Å². The summed E-state index contributed by atoms with van der Waals surface area (Å²) in [5.41, 5.74) is 5.72. The molecule has 1 fully saturated rings. The van der Waals surface area contributed by atoms with Crippen LogP contribution in [0.3, 0.4) is 0 Å². The molecule has 1 aromatic carbocycles. The lowest BCUT2D eigenvalue weighted by Gasteiger charge is -2.23. The van der Waals surface area contributed by atoms with Gasteiger partial charge in [-0.1, -0.05) is 12.0 Å². The molecule has 156 valence electrons. The average molecular weight is 402 g/mol. The molecule has 3 aromatic rings. The molecule has 5 nitrogen and oxygen atoms in total. The van der Waals surface area contributed by atoms with Gasteiger partial charge in [0.25, 0.3) is 0 Å². The Labute approximate surface area is 179 Å². The number of hydrogen-bond acceptors (Lipinski definition) is 4. The van der Waals surface area contributed by atoms with Crippen LogP contribution in [-0.2, 0) is 13.1 Å². The van der Waals surface area contributed by atoms with Crippen molar-refractivity contribution in [2.24, 2.45) is 0 Å². The van der Waals surface area contributed by atoms with Crippen LogP contribution in [0.15, 0.2) is 42.6 Å². The van der Waals surface area contributed by atoms with Crippen molar-refractivity contribution < 1.29 is 0 Å². The Bertz CT molecular complexity index is 1050. The summed E-state index contributed by atoms with van der Waals surface area (Å²) in [6.45, 7) is 8.86. The van der Waals surface area contributed by atoms with Crippen molar-refractivity contribution in [3.8, 4) is 11.8 Å². The molecule has 4 rings (SSSR count). The molecule has 0 saturated carbocycles. The van der Waals surface area contributed by atoms with Crippen molar-refractivity contribution in [2.75, 3.05) is 25.0 Å². The molecule has 1 saturated heterocycles. The van der Waals surface area contributed by atoms with Crippen LogP contribution in [0.2, 0.25) is 0 Å². The summed E-state index contributed by atoms with van der Waals surface area (Å²) in [6.07, 6.45) is 4.24. The van der Waals surface area contributed by atoms with Crippen molar-refractivity contribution in [3.05, 3.63) is 59.5 Å². The molecule has 3 N–H and O–H groups in total. The zero-order valence-electron chi connectivity index (χ0n) is 18.0. The Morgan fingerprint density at radius 1 is 1.17 bits per heavy atom. The maximum absolute atomic E-state index is 4.22. The zero-order chi connectivity index (χ0) is 20.8. The van der Waals surface area contributed by atoms with Gasteiger partial charge >= 0.3 is 0 Å². The molecule has 30 heavy (non-hydrogen) atoms. The number of aryl methyl sites for hydroxylation is 2. The van der Waals surface area contributed by atoms with Gasteiger partial charge in [0.2, 0.25) is 0 Å². The largest absolute Gasteiger partial charge is 0.374 e. The minimum Gasteiger partial charge on any atom is -0.374 e. The van der Waals surface area contributed by atoms with Crippen molar-refractivity contribution in [2.45, 2.75) is 45.8 Å². The normalized spacial score (nSPS) is 14.5. The molecule has 0 spiro atoms. The van der Waals surface area contributed by atoms with Gasteiger partial charge in [-0.15, -0.1) is 0 Å². The number of hydrogen-bond donors (Lipinski definition) is 3. The topological polar surface area (TPSA) is 53.9 Å². The summed E-state index contributed by atoms with van der Waals surface area (Å²) >= 11 is 0. The average Bonchev–Trinajstić information content (AvgIpc) is 3.12. The lowest BCUT2D eigenvalue weighted by molar-refractivity contribution is 0.386. The molecule has 1 aliphatic rings. The fraction of sp³-hybridized carbons (Fsp3) is 0.400. The van der Waals surface area contributed by atoms with Gasteiger partial charge in [-0.3, -0.25) is 4.98 Å². The molecule has 0 atom stereocenters. The van der Waals surface area contributed by atoms with Gasteiger partial charge in [0.1, 0.15) is 0 Å². The maximum atomic E-state index is 4.22. The minimum atomic E-state index is 0.611. The van der Waals surface area contributed by atoms with E-state index in [-0.39, 0.29) is 0 Å². The Kier molecular flexibility index (Phi) is 6.68. The lowest BCUT2D eigenvalue weighted by atomic mass is 10.1. The van der Waals surface area contributed by atoms with E-state index in [1.54, 1.807) is 0 Å². The Balaban J connectivity index is 1.44. The predicted molar refractivity (Wildman–Crippen MR) is 125 cm³/mol. The number of nitrogens with zero attached hydrogens (tertiary/aromatic N) is 2. The number of rotatable bonds is 6. The third kappa shape index (κ3) is 5.02. The summed E-state index contributed by atoms with van der Waals surface area (Å²) in [5, 5.41) is 11.7. The van der Waals surface area contributed by atoms with E-state index in [0.717, 1.165) is 43.3 Å². The first-order valence-electron chi connectivity index (χ1n) is 10.9. The molecule has 0 amide bonds. The summed E-state index contributed by atoms with van der Waals surface area (Å²) in [5.74, 6) is 6.62. The number of aromatic nitrogens is 2. The second kappa shape index (κ2) is 9.80. The van der Waals surface area contributed by atoms with Crippen molar-refractivity contribution in [1.29, 1.82) is 0 Å². The third-order valence-corrected chi connectivity index (χ3v) is 5.71. The molecule has 1 aliphatic heterocycles. The van der Waals surface area contributed by atoms with E-state index >= 15 is 0 Å². The van der Waals surface area contributed by atoms with E-state index in [4.69, 9.17) is 0 Å². The molecule has 0 aliphatic carbocycles. The van der Waals surface area contributed by atoms with Crippen LogP contribution in [0.1, 0.15) is 36.7 Å². The number of benzene rings is 1. The van der Waals surface area contributed by atoms with Gasteiger partial charge in [-0.25, -0.2) is 0 Å². The molecular weight excluding hydrogens is 370 g/mol. The molecule has 5 heteroatoms. The van der Waals surface area contributed by atoms with Crippen molar-refractivity contribution >= 4 is 16.6 Å². The molecule has 0 unspecified atom stereocenters. The van der Waals surface area contributed by atoms with Gasteiger partial charge in [-0.05, 0) is 81.6 Å². The van der Waals surface area contributed by atoms with Crippen LogP contribution in [-0.4, -0.2) is 35.2 Å². The van der Waals surface area contributed by atoms with Gasteiger partial charge in [0, 0.05) is 47.6 Å². The van der Waals surface area contributed by atoms with Crippen LogP contribution >= 0.6 is 0 Å². The van der Waals surface area contributed by atoms with Crippen LogP contribution in [0.25, 0.3) is 10.9 Å². The molecular formula is C25H31N5. The van der Waals surface area contributed by atoms with E-state index in [1.807, 2.05) is 25.3 Å². The maximum Gasteiger partial charge on any atom is 0.0931 e. The Morgan fingerprint density at radius 3 is 2.83 bits per heavy atom. The summed E-state index contributed by atoms with van der Waals surface area (Å²) in [7, 11) is 0. The Hall–Kier alpha value is -2.81. The van der Waals surface area contributed by atoms with Crippen LogP contribution in [0.4, 0.5) is 5.69 Å². The fourth-order valence-corrected chi connectivity index (χ4v) is 4.10. The SMILES string of the molecule is CCn1c(C#CCNc2ccnc(C)c2)cc2cc(CNC3CCNCC3)ccc21. The monoisotopic (exact) mass is 401 g/mol. The van der Waals surface area contributed by atoms with E-state index in [9.17, 15) is 0 Å². The summed E-state index contributed by atoms with van der Waals surface area (Å²) in [4.78, 5) is 4.22. The molecule has 0 bridgehead atoms. The fourth-order valence-electron chi connectivity index (χ4n) is 4.10. The van der Waals surface area contributed by atoms with E-state index < -0.39 is 0 Å². The van der Waals surface area contributed by atoms with Gasteiger partial charge in [0.15, 0.2) is 0 Å². The summed E-state index contributed by atoms with van der Waals surface area (Å²) < 4.78 is 2.29. The predicted octanol–water partition coefficient (Wildman–Crippen LogP) is 3.67. The van der Waals surface area contributed by atoms with Gasteiger partial charge in [-0.2, -0.15) is 0 Å². The van der Waals surface area contributed by atoms with Crippen LogP contribution < -0.4 is 16.0 Å². The Morgan fingerprint density at radius 2 is 2.03 bits per heavy atom. The highest BCUT2D eigenvalue weighted by molar-refractivity contribution is 5.83. The van der Waals surface area contributed by atoms with E-state index in [0.29, 0.717) is 12.6 Å². The first-order valence-corrected chi connectivity index (χ1v) is 10.9. The van der Waals surface area contributed by atoms with E-state index in [2.05, 4.69) is 68.5 Å². The molecule has 0 radical (unpaired) electrons. The highest BCUT2D eigenvalue weighted by Gasteiger charge is 2.12. The molecule has 2 aromatic heterocycles. The van der Waals surface area contributed by atoms with Gasteiger partial charge in [0.05, 0.1) is 12.2 Å². The van der Waals surface area contributed by atoms with Crippen molar-refractivity contribution in [1.82, 2.24) is 20.2 Å². The smallest absolute Gasteiger partial charge is 0.0931 e. The second-order valence-corrected chi connectivity index (χ2v) is 7.91. The number of nitrogens with one attached hydrogen (secondary N) is 3. The standard InChI is InChI=1S/C25H31N5/c1-3-30-24(5-4-11-28-23-10-14-27-19(2)15-23)17-21-16-20(6-7-25(21)30)18-29-22-8-12-26-13-9-22/h6-7,10,14-17,22,26,29H,3,8-9,11-13,18H2,1-2H3,(H,27,28). The zero-order valence-corrected chi connectivity index (χ0v) is 18.0. The lowest BCUT2D eigenvalue weighted by Crippen LogP contribution is -2.39. The number of anilines is 1. The minimum absolute atomic E-state index is 0.611. The van der Waals surface area contributed by atoms with Crippen LogP contribution in [0.5, 0.6) is 0 Å². The first kappa shape index (κ1) is 20.5. The number of pyridine rings is 1. The quantitative estimate of drug-likeness (QED) is 0.552. The first-order chi connectivity index (χ1) is 14.7.